The summed E-state index contributed by atoms with van der Waals surface area (Å²) in [5.41, 5.74) is 4.07. The zero-order chi connectivity index (χ0) is 17.5. The molecule has 0 bridgehead atoms. The molecule has 5 rings (SSSR count). The van der Waals surface area contributed by atoms with Crippen LogP contribution in [-0.2, 0) is 0 Å². The van der Waals surface area contributed by atoms with Gasteiger partial charge in [0.15, 0.2) is 4.73 Å². The third-order valence-corrected chi connectivity index (χ3v) is 5.94. The van der Waals surface area contributed by atoms with Crippen molar-refractivity contribution in [3.05, 3.63) is 83.6 Å². The lowest BCUT2D eigenvalue weighted by Gasteiger charge is -2.08. The van der Waals surface area contributed by atoms with Gasteiger partial charge in [-0.1, -0.05) is 60.7 Å². The van der Waals surface area contributed by atoms with E-state index in [2.05, 4.69) is 86.6 Å². The second-order valence-corrected chi connectivity index (χ2v) is 7.84. The lowest BCUT2D eigenvalue weighted by molar-refractivity contribution is 1.12. The van der Waals surface area contributed by atoms with Gasteiger partial charge in [-0.25, -0.2) is 9.97 Å². The Morgan fingerprint density at radius 2 is 1.42 bits per heavy atom. The van der Waals surface area contributed by atoms with Gasteiger partial charge in [0.05, 0.1) is 11.4 Å². The van der Waals surface area contributed by atoms with Crippen molar-refractivity contribution in [1.82, 2.24) is 9.97 Å². The Morgan fingerprint density at radius 3 is 2.31 bits per heavy atom. The molecule has 0 aliphatic carbocycles. The van der Waals surface area contributed by atoms with Gasteiger partial charge in [0.1, 0.15) is 0 Å². The van der Waals surface area contributed by atoms with Crippen LogP contribution < -0.4 is 0 Å². The summed E-state index contributed by atoms with van der Waals surface area (Å²) >= 11 is 5.31. The zero-order valence-electron chi connectivity index (χ0n) is 13.7. The highest BCUT2D eigenvalue weighted by molar-refractivity contribution is 9.10. The van der Waals surface area contributed by atoms with Crippen LogP contribution in [0.5, 0.6) is 0 Å². The average molecular weight is 417 g/mol. The summed E-state index contributed by atoms with van der Waals surface area (Å²) in [7, 11) is 0. The van der Waals surface area contributed by atoms with Crippen LogP contribution in [0.25, 0.3) is 42.7 Å². The van der Waals surface area contributed by atoms with E-state index in [0.717, 1.165) is 22.5 Å². The molecule has 26 heavy (non-hydrogen) atoms. The lowest BCUT2D eigenvalue weighted by atomic mass is 10.0. The van der Waals surface area contributed by atoms with Crippen LogP contribution in [-0.4, -0.2) is 9.97 Å². The normalized spacial score (nSPS) is 11.3. The van der Waals surface area contributed by atoms with E-state index in [1.165, 1.54) is 20.2 Å². The molecular weight excluding hydrogens is 404 g/mol. The molecule has 0 amide bonds. The molecule has 4 heteroatoms. The molecule has 3 aromatic carbocycles. The third-order valence-electron chi connectivity index (χ3n) is 4.45. The highest BCUT2D eigenvalue weighted by Gasteiger charge is 2.13. The first kappa shape index (κ1) is 15.7. The van der Waals surface area contributed by atoms with Crippen molar-refractivity contribution in [2.45, 2.75) is 0 Å². The Hall–Kier alpha value is -2.56. The molecule has 124 valence electrons. The van der Waals surface area contributed by atoms with Crippen LogP contribution >= 0.6 is 27.3 Å². The first-order chi connectivity index (χ1) is 12.8. The molecule has 0 fully saturated rings. The fourth-order valence-corrected chi connectivity index (χ4v) is 4.81. The molecule has 0 saturated heterocycles. The number of hydrogen-bond donors (Lipinski definition) is 0. The Labute approximate surface area is 163 Å². The summed E-state index contributed by atoms with van der Waals surface area (Å²) in [5, 5.41) is 2.54. The van der Waals surface area contributed by atoms with Crippen LogP contribution in [0.1, 0.15) is 0 Å². The highest BCUT2D eigenvalue weighted by atomic mass is 79.9. The Kier molecular flexibility index (Phi) is 3.80. The Morgan fingerprint density at radius 1 is 0.692 bits per heavy atom. The summed E-state index contributed by atoms with van der Waals surface area (Å²) in [6.45, 7) is 0. The highest BCUT2D eigenvalue weighted by Crippen LogP contribution is 2.40. The van der Waals surface area contributed by atoms with Crippen molar-refractivity contribution in [3.63, 3.8) is 0 Å². The van der Waals surface area contributed by atoms with Crippen molar-refractivity contribution in [2.24, 2.45) is 0 Å². The van der Waals surface area contributed by atoms with Gasteiger partial charge in [-0.05, 0) is 34.1 Å². The molecule has 0 unspecified atom stereocenters. The second-order valence-electron chi connectivity index (χ2n) is 6.05. The summed E-state index contributed by atoms with van der Waals surface area (Å²) in [4.78, 5) is 9.24. The number of halogens is 1. The number of benzene rings is 3. The summed E-state index contributed by atoms with van der Waals surface area (Å²) in [6, 6.07) is 27.2. The van der Waals surface area contributed by atoms with Crippen molar-refractivity contribution in [1.29, 1.82) is 0 Å². The largest absolute Gasteiger partial charge is 0.222 e. The van der Waals surface area contributed by atoms with Crippen molar-refractivity contribution in [2.75, 3.05) is 0 Å². The quantitative estimate of drug-likeness (QED) is 0.291. The number of hydrogen-bond acceptors (Lipinski definition) is 3. The van der Waals surface area contributed by atoms with E-state index in [-0.39, 0.29) is 0 Å². The standard InChI is InChI=1S/C22H13BrN2S/c23-22-24-17(14-7-2-1-3-8-14)13-18(25-22)15-10-6-12-20-21(15)16-9-4-5-11-19(16)26-20/h1-13H. The van der Waals surface area contributed by atoms with Crippen LogP contribution in [0, 0.1) is 0 Å². The summed E-state index contributed by atoms with van der Waals surface area (Å²) in [6.07, 6.45) is 0. The maximum atomic E-state index is 4.68. The van der Waals surface area contributed by atoms with E-state index in [1.807, 2.05) is 29.5 Å². The fourth-order valence-electron chi connectivity index (χ4n) is 3.30. The topological polar surface area (TPSA) is 25.8 Å². The first-order valence-corrected chi connectivity index (χ1v) is 9.91. The molecule has 0 spiro atoms. The molecule has 0 atom stereocenters. The molecule has 0 aliphatic rings. The molecule has 2 heterocycles. The van der Waals surface area contributed by atoms with Gasteiger partial charge in [-0.15, -0.1) is 11.3 Å². The van der Waals surface area contributed by atoms with Crippen molar-refractivity contribution in [3.8, 4) is 22.5 Å². The van der Waals surface area contributed by atoms with Gasteiger partial charge in [0.25, 0.3) is 0 Å². The molecular formula is C22H13BrN2S. The van der Waals surface area contributed by atoms with Crippen molar-refractivity contribution >= 4 is 47.4 Å². The predicted molar refractivity (Wildman–Crippen MR) is 113 cm³/mol. The maximum absolute atomic E-state index is 4.68. The van der Waals surface area contributed by atoms with Gasteiger partial charge >= 0.3 is 0 Å². The minimum absolute atomic E-state index is 0.602. The van der Waals surface area contributed by atoms with Gasteiger partial charge < -0.3 is 0 Å². The van der Waals surface area contributed by atoms with Crippen LogP contribution in [0.4, 0.5) is 0 Å². The molecule has 0 N–H and O–H groups in total. The van der Waals surface area contributed by atoms with E-state index >= 15 is 0 Å². The van der Waals surface area contributed by atoms with Crippen LogP contribution in [0.2, 0.25) is 0 Å². The summed E-state index contributed by atoms with van der Waals surface area (Å²) < 4.78 is 3.18. The average Bonchev–Trinajstić information content (AvgIpc) is 3.07. The lowest BCUT2D eigenvalue weighted by Crippen LogP contribution is -1.92. The molecule has 0 aliphatic heterocycles. The van der Waals surface area contributed by atoms with Crippen LogP contribution in [0.3, 0.4) is 0 Å². The summed E-state index contributed by atoms with van der Waals surface area (Å²) in [5.74, 6) is 0. The Bertz CT molecular complexity index is 1250. The SMILES string of the molecule is Brc1nc(-c2ccccc2)cc(-c2cccc3sc4ccccc4c23)n1. The maximum Gasteiger partial charge on any atom is 0.197 e. The van der Waals surface area contributed by atoms with E-state index < -0.39 is 0 Å². The first-order valence-electron chi connectivity index (χ1n) is 8.30. The molecule has 2 nitrogen and oxygen atoms in total. The number of thiophene rings is 1. The number of aromatic nitrogens is 2. The van der Waals surface area contributed by atoms with E-state index in [9.17, 15) is 0 Å². The van der Waals surface area contributed by atoms with Crippen LogP contribution in [0.15, 0.2) is 83.6 Å². The molecule has 5 aromatic rings. The van der Waals surface area contributed by atoms with Gasteiger partial charge in [0, 0.05) is 31.3 Å². The molecule has 2 aromatic heterocycles. The fraction of sp³-hybridized carbons (Fsp3) is 0. The van der Waals surface area contributed by atoms with Crippen molar-refractivity contribution < 1.29 is 0 Å². The van der Waals surface area contributed by atoms with E-state index in [1.54, 1.807) is 0 Å². The molecule has 0 radical (unpaired) electrons. The number of nitrogens with zero attached hydrogens (tertiary/aromatic N) is 2. The van der Waals surface area contributed by atoms with E-state index in [4.69, 9.17) is 0 Å². The second kappa shape index (κ2) is 6.31. The third kappa shape index (κ3) is 2.62. The number of fused-ring (bicyclic) bond motifs is 3. The minimum atomic E-state index is 0.602. The minimum Gasteiger partial charge on any atom is -0.222 e. The van der Waals surface area contributed by atoms with Gasteiger partial charge in [0.2, 0.25) is 0 Å². The Balaban J connectivity index is 1.80. The van der Waals surface area contributed by atoms with Gasteiger partial charge in [-0.3, -0.25) is 0 Å². The smallest absolute Gasteiger partial charge is 0.197 e. The predicted octanol–water partition coefficient (Wildman–Crippen LogP) is 6.94. The zero-order valence-corrected chi connectivity index (χ0v) is 16.1. The monoisotopic (exact) mass is 416 g/mol. The number of rotatable bonds is 2. The molecule has 0 saturated carbocycles. The van der Waals surface area contributed by atoms with E-state index in [0.29, 0.717) is 4.73 Å². The van der Waals surface area contributed by atoms with Gasteiger partial charge in [-0.2, -0.15) is 0 Å².